The third kappa shape index (κ3) is 3.45. The maximum atomic E-state index is 13.1. The molecule has 4 rings (SSSR count). The number of nitrogens with one attached hydrogen (secondary N) is 2. The van der Waals surface area contributed by atoms with E-state index in [4.69, 9.17) is 10.5 Å². The molecule has 3 aliphatic rings. The molecule has 9 nitrogen and oxygen atoms in total. The van der Waals surface area contributed by atoms with E-state index in [9.17, 15) is 19.2 Å². The number of carbonyl (C=O) groups excluding carboxylic acids is 4. The van der Waals surface area contributed by atoms with Crippen LogP contribution in [0.4, 0.5) is 0 Å². The summed E-state index contributed by atoms with van der Waals surface area (Å²) in [5, 5.41) is 5.67. The number of amides is 4. The number of imide groups is 2. The zero-order valence-electron chi connectivity index (χ0n) is 16.0. The second-order valence-electron chi connectivity index (χ2n) is 7.74. The summed E-state index contributed by atoms with van der Waals surface area (Å²) < 4.78 is 5.42. The van der Waals surface area contributed by atoms with Gasteiger partial charge in [-0.05, 0) is 30.9 Å². The van der Waals surface area contributed by atoms with E-state index in [0.717, 1.165) is 17.7 Å². The molecule has 1 unspecified atom stereocenters. The zero-order valence-corrected chi connectivity index (χ0v) is 16.0. The van der Waals surface area contributed by atoms with Crippen molar-refractivity contribution in [3.63, 3.8) is 0 Å². The highest BCUT2D eigenvalue weighted by molar-refractivity contribution is 6.24. The lowest BCUT2D eigenvalue weighted by Gasteiger charge is -2.37. The average molecular weight is 400 g/mol. The smallest absolute Gasteiger partial charge is 0.262 e. The van der Waals surface area contributed by atoms with Crippen molar-refractivity contribution in [2.75, 3.05) is 19.8 Å². The van der Waals surface area contributed by atoms with E-state index in [-0.39, 0.29) is 23.9 Å². The van der Waals surface area contributed by atoms with Crippen LogP contribution >= 0.6 is 0 Å². The lowest BCUT2D eigenvalue weighted by Crippen LogP contribution is -2.54. The van der Waals surface area contributed by atoms with Gasteiger partial charge in [-0.25, -0.2) is 0 Å². The van der Waals surface area contributed by atoms with Gasteiger partial charge in [0.05, 0.1) is 11.1 Å². The molecule has 0 bridgehead atoms. The fraction of sp³-hybridized carbons (Fsp3) is 0.500. The SMILES string of the molecule is NCC1(NCc2cccc3c2C(=O)N(C2CCC(=O)NC2=O)C3=O)CCOCC1. The molecule has 1 atom stereocenters. The summed E-state index contributed by atoms with van der Waals surface area (Å²) in [5.41, 5.74) is 7.01. The van der Waals surface area contributed by atoms with Gasteiger partial charge < -0.3 is 15.8 Å². The first-order chi connectivity index (χ1) is 14.0. The minimum absolute atomic E-state index is 0.0965. The van der Waals surface area contributed by atoms with Crippen molar-refractivity contribution in [2.24, 2.45) is 5.73 Å². The maximum Gasteiger partial charge on any atom is 0.262 e. The number of hydrogen-bond acceptors (Lipinski definition) is 7. The molecule has 1 aromatic rings. The Bertz CT molecular complexity index is 878. The molecule has 0 spiro atoms. The molecule has 154 valence electrons. The fourth-order valence-corrected chi connectivity index (χ4v) is 4.23. The number of piperidine rings is 1. The molecular weight excluding hydrogens is 376 g/mol. The number of nitrogens with two attached hydrogens (primary N) is 1. The highest BCUT2D eigenvalue weighted by Crippen LogP contribution is 2.30. The first-order valence-electron chi connectivity index (χ1n) is 9.82. The summed E-state index contributed by atoms with van der Waals surface area (Å²) >= 11 is 0. The van der Waals surface area contributed by atoms with Crippen LogP contribution in [0.3, 0.4) is 0 Å². The fourth-order valence-electron chi connectivity index (χ4n) is 4.23. The van der Waals surface area contributed by atoms with E-state index in [1.54, 1.807) is 18.2 Å². The molecule has 29 heavy (non-hydrogen) atoms. The molecule has 0 aromatic heterocycles. The third-order valence-electron chi connectivity index (χ3n) is 6.05. The van der Waals surface area contributed by atoms with Crippen molar-refractivity contribution in [1.29, 1.82) is 0 Å². The summed E-state index contributed by atoms with van der Waals surface area (Å²) in [5.74, 6) is -2.00. The lowest BCUT2D eigenvalue weighted by molar-refractivity contribution is -0.136. The highest BCUT2D eigenvalue weighted by atomic mass is 16.5. The Morgan fingerprint density at radius 2 is 1.93 bits per heavy atom. The Hall–Kier alpha value is -2.62. The molecule has 9 heteroatoms. The van der Waals surface area contributed by atoms with E-state index in [0.29, 0.717) is 37.4 Å². The Labute approximate surface area is 167 Å². The van der Waals surface area contributed by atoms with Gasteiger partial charge in [0.1, 0.15) is 6.04 Å². The van der Waals surface area contributed by atoms with Gasteiger partial charge >= 0.3 is 0 Å². The van der Waals surface area contributed by atoms with Gasteiger partial charge in [-0.15, -0.1) is 0 Å². The summed E-state index contributed by atoms with van der Waals surface area (Å²) in [6.45, 7) is 2.07. The molecule has 1 aromatic carbocycles. The van der Waals surface area contributed by atoms with Gasteiger partial charge in [-0.3, -0.25) is 29.4 Å². The number of carbonyl (C=O) groups is 4. The van der Waals surface area contributed by atoms with E-state index in [1.807, 2.05) is 0 Å². The van der Waals surface area contributed by atoms with Crippen LogP contribution in [0.2, 0.25) is 0 Å². The van der Waals surface area contributed by atoms with Crippen LogP contribution in [-0.4, -0.2) is 59.9 Å². The molecule has 4 N–H and O–H groups in total. The second kappa shape index (κ2) is 7.66. The van der Waals surface area contributed by atoms with Gasteiger partial charge in [-0.2, -0.15) is 0 Å². The number of ether oxygens (including phenoxy) is 1. The lowest BCUT2D eigenvalue weighted by atomic mass is 9.89. The topological polar surface area (TPSA) is 131 Å². The highest BCUT2D eigenvalue weighted by Gasteiger charge is 2.45. The quantitative estimate of drug-likeness (QED) is 0.578. The Morgan fingerprint density at radius 3 is 2.62 bits per heavy atom. The van der Waals surface area contributed by atoms with Crippen LogP contribution < -0.4 is 16.4 Å². The van der Waals surface area contributed by atoms with Crippen LogP contribution in [0.25, 0.3) is 0 Å². The predicted octanol–water partition coefficient (Wildman–Crippen LogP) is -0.315. The van der Waals surface area contributed by atoms with Crippen molar-refractivity contribution >= 4 is 23.6 Å². The van der Waals surface area contributed by atoms with E-state index in [1.165, 1.54) is 0 Å². The average Bonchev–Trinajstić information content (AvgIpc) is 2.98. The van der Waals surface area contributed by atoms with Crippen molar-refractivity contribution in [2.45, 2.75) is 43.8 Å². The number of hydrogen-bond donors (Lipinski definition) is 3. The molecule has 0 radical (unpaired) electrons. The largest absolute Gasteiger partial charge is 0.381 e. The monoisotopic (exact) mass is 400 g/mol. The van der Waals surface area contributed by atoms with Crippen LogP contribution in [0.1, 0.15) is 52.0 Å². The van der Waals surface area contributed by atoms with Gasteiger partial charge in [0.25, 0.3) is 11.8 Å². The Kier molecular flexibility index (Phi) is 5.20. The summed E-state index contributed by atoms with van der Waals surface area (Å²) in [6.07, 6.45) is 1.78. The maximum absolute atomic E-state index is 13.1. The van der Waals surface area contributed by atoms with Crippen molar-refractivity contribution in [3.05, 3.63) is 34.9 Å². The van der Waals surface area contributed by atoms with E-state index in [2.05, 4.69) is 10.6 Å². The van der Waals surface area contributed by atoms with Crippen LogP contribution in [0.15, 0.2) is 18.2 Å². The summed E-state index contributed by atoms with van der Waals surface area (Å²) in [7, 11) is 0. The molecule has 2 saturated heterocycles. The minimum atomic E-state index is -0.966. The molecule has 3 heterocycles. The number of nitrogens with zero attached hydrogens (tertiary/aromatic N) is 1. The second-order valence-corrected chi connectivity index (χ2v) is 7.74. The third-order valence-corrected chi connectivity index (χ3v) is 6.05. The molecule has 0 aliphatic carbocycles. The Morgan fingerprint density at radius 1 is 1.17 bits per heavy atom. The van der Waals surface area contributed by atoms with E-state index < -0.39 is 29.7 Å². The normalized spacial score (nSPS) is 23.9. The number of benzene rings is 1. The summed E-state index contributed by atoms with van der Waals surface area (Å²) in [4.78, 5) is 50.6. The molecule has 2 fully saturated rings. The molecule has 0 saturated carbocycles. The van der Waals surface area contributed by atoms with Gasteiger partial charge in [0.2, 0.25) is 11.8 Å². The van der Waals surface area contributed by atoms with Gasteiger partial charge in [0.15, 0.2) is 0 Å². The van der Waals surface area contributed by atoms with Crippen molar-refractivity contribution < 1.29 is 23.9 Å². The first kappa shape index (κ1) is 19.7. The minimum Gasteiger partial charge on any atom is -0.381 e. The molecular formula is C20H24N4O5. The van der Waals surface area contributed by atoms with E-state index >= 15 is 0 Å². The Balaban J connectivity index is 1.58. The standard InChI is InChI=1S/C20H24N4O5/c21-11-20(6-8-29-9-7-20)22-10-12-2-1-3-13-16(12)19(28)24(18(13)27)14-4-5-15(25)23-17(14)26/h1-3,14,22H,4-11,21H2,(H,23,25,26). The predicted molar refractivity (Wildman–Crippen MR) is 102 cm³/mol. The van der Waals surface area contributed by atoms with Gasteiger partial charge in [-0.1, -0.05) is 12.1 Å². The van der Waals surface area contributed by atoms with Crippen LogP contribution in [-0.2, 0) is 20.9 Å². The molecule has 3 aliphatic heterocycles. The first-order valence-corrected chi connectivity index (χ1v) is 9.82. The zero-order chi connectivity index (χ0) is 20.6. The van der Waals surface area contributed by atoms with Crippen molar-refractivity contribution in [3.8, 4) is 0 Å². The van der Waals surface area contributed by atoms with Crippen LogP contribution in [0.5, 0.6) is 0 Å². The van der Waals surface area contributed by atoms with Crippen molar-refractivity contribution in [1.82, 2.24) is 15.5 Å². The number of rotatable bonds is 5. The summed E-state index contributed by atoms with van der Waals surface area (Å²) in [6, 6.07) is 4.16. The van der Waals surface area contributed by atoms with Crippen LogP contribution in [0, 0.1) is 0 Å². The molecule has 4 amide bonds. The number of fused-ring (bicyclic) bond motifs is 1. The van der Waals surface area contributed by atoms with Gasteiger partial charge in [0, 0.05) is 38.3 Å².